The first-order valence-electron chi connectivity index (χ1n) is 5.10. The smallest absolute Gasteiger partial charge is 0.111 e. The Labute approximate surface area is 95.7 Å². The topological polar surface area (TPSA) is 102 Å². The van der Waals surface area contributed by atoms with Crippen LogP contribution in [0.15, 0.2) is 4.99 Å². The van der Waals surface area contributed by atoms with E-state index in [9.17, 15) is 0 Å². The van der Waals surface area contributed by atoms with Crippen molar-refractivity contribution in [3.8, 4) is 0 Å². The van der Waals surface area contributed by atoms with Gasteiger partial charge >= 0.3 is 0 Å². The molecular weight excluding hydrogens is 202 g/mol. The zero-order chi connectivity index (χ0) is 12.5. The second-order valence-corrected chi connectivity index (χ2v) is 3.94. The van der Waals surface area contributed by atoms with Crippen LogP contribution in [0.25, 0.3) is 0 Å². The molecule has 0 bridgehead atoms. The summed E-state index contributed by atoms with van der Waals surface area (Å²) in [6.07, 6.45) is 0. The molecule has 0 heterocycles. The Balaban J connectivity index is 3.69. The number of nitrogens with zero attached hydrogens (tertiary/aromatic N) is 1. The van der Waals surface area contributed by atoms with Crippen molar-refractivity contribution in [2.75, 3.05) is 29.6 Å². The van der Waals surface area contributed by atoms with Crippen molar-refractivity contribution in [3.63, 3.8) is 0 Å². The maximum Gasteiger partial charge on any atom is 0.111 e. The van der Waals surface area contributed by atoms with Crippen molar-refractivity contribution < 1.29 is 0 Å². The molecule has 88 valence electrons. The molecule has 0 radical (unpaired) electrons. The monoisotopic (exact) mass is 221 g/mol. The van der Waals surface area contributed by atoms with Crippen molar-refractivity contribution in [1.82, 2.24) is 0 Å². The highest BCUT2D eigenvalue weighted by atomic mass is 14.9. The van der Waals surface area contributed by atoms with Gasteiger partial charge in [0.1, 0.15) is 5.69 Å². The Kier molecular flexibility index (Phi) is 3.27. The van der Waals surface area contributed by atoms with Crippen LogP contribution in [-0.2, 0) is 0 Å². The van der Waals surface area contributed by atoms with Crippen molar-refractivity contribution in [2.24, 2.45) is 4.99 Å². The normalized spacial score (nSPS) is 10.5. The molecule has 5 heteroatoms. The van der Waals surface area contributed by atoms with Crippen LogP contribution in [-0.4, -0.2) is 13.8 Å². The molecule has 5 nitrogen and oxygen atoms in total. The quantitative estimate of drug-likeness (QED) is 0.462. The number of rotatable bonds is 3. The third-order valence-corrected chi connectivity index (χ3v) is 2.62. The molecule has 0 unspecified atom stereocenters. The first kappa shape index (κ1) is 12.2. The van der Waals surface area contributed by atoms with Gasteiger partial charge in [-0.15, -0.1) is 0 Å². The highest BCUT2D eigenvalue weighted by molar-refractivity contribution is 5.98. The minimum absolute atomic E-state index is 0.189. The number of benzene rings is 1. The Bertz CT molecular complexity index is 423. The van der Waals surface area contributed by atoms with Gasteiger partial charge in [-0.25, -0.2) is 0 Å². The number of hydrogen-bond donors (Lipinski definition) is 4. The van der Waals surface area contributed by atoms with Crippen LogP contribution in [0.2, 0.25) is 0 Å². The highest BCUT2D eigenvalue weighted by Gasteiger charge is 2.19. The molecule has 0 atom stereocenters. The number of nitrogens with two attached hydrogens (primary N) is 3. The molecule has 0 spiro atoms. The van der Waals surface area contributed by atoms with E-state index in [1.807, 2.05) is 13.8 Å². The summed E-state index contributed by atoms with van der Waals surface area (Å²) >= 11 is 0. The average molecular weight is 221 g/mol. The Morgan fingerprint density at radius 3 is 2.06 bits per heavy atom. The fraction of sp³-hybridized carbons (Fsp3) is 0.364. The minimum Gasteiger partial charge on any atom is -0.397 e. The molecule has 0 saturated heterocycles. The lowest BCUT2D eigenvalue weighted by Crippen LogP contribution is -2.09. The fourth-order valence-corrected chi connectivity index (χ4v) is 1.85. The second-order valence-electron chi connectivity index (χ2n) is 3.94. The van der Waals surface area contributed by atoms with Gasteiger partial charge in [0.15, 0.2) is 0 Å². The lowest BCUT2D eigenvalue weighted by molar-refractivity contribution is 0.874. The van der Waals surface area contributed by atoms with Crippen LogP contribution in [0, 0.1) is 0 Å². The lowest BCUT2D eigenvalue weighted by atomic mass is 9.96. The summed E-state index contributed by atoms with van der Waals surface area (Å²) in [6, 6.07) is 0. The molecule has 1 aromatic carbocycles. The van der Waals surface area contributed by atoms with Gasteiger partial charge in [0.25, 0.3) is 0 Å². The van der Waals surface area contributed by atoms with E-state index >= 15 is 0 Å². The zero-order valence-corrected chi connectivity index (χ0v) is 9.96. The summed E-state index contributed by atoms with van der Waals surface area (Å²) in [6.45, 7) is 7.52. The van der Waals surface area contributed by atoms with E-state index in [0.717, 1.165) is 5.56 Å². The molecular formula is C11H19N5. The standard InChI is InChI=1S/C11H19N5/c1-5(2)6-7(12)9(14)11(16-4)10(15-3)8(6)13/h5,16H,3,12-14H2,1-2,4H3. The van der Waals surface area contributed by atoms with E-state index < -0.39 is 0 Å². The van der Waals surface area contributed by atoms with Gasteiger partial charge in [-0.05, 0) is 12.6 Å². The summed E-state index contributed by atoms with van der Waals surface area (Å²) in [7, 11) is 1.74. The highest BCUT2D eigenvalue weighted by Crippen LogP contribution is 2.46. The predicted octanol–water partition coefficient (Wildman–Crippen LogP) is 1.93. The number of anilines is 4. The molecule has 1 rings (SSSR count). The SMILES string of the molecule is C=Nc1c(N)c(C(C)C)c(N)c(N)c1NC. The third kappa shape index (κ3) is 1.64. The molecule has 0 fully saturated rings. The van der Waals surface area contributed by atoms with E-state index in [1.54, 1.807) is 7.05 Å². The van der Waals surface area contributed by atoms with Gasteiger partial charge in [-0.2, -0.15) is 0 Å². The van der Waals surface area contributed by atoms with Crippen molar-refractivity contribution >= 4 is 35.2 Å². The first-order valence-corrected chi connectivity index (χ1v) is 5.10. The Morgan fingerprint density at radius 1 is 1.12 bits per heavy atom. The van der Waals surface area contributed by atoms with E-state index in [-0.39, 0.29) is 5.92 Å². The number of nitrogens with one attached hydrogen (secondary N) is 1. The maximum atomic E-state index is 6.03. The largest absolute Gasteiger partial charge is 0.397 e. The van der Waals surface area contributed by atoms with Gasteiger partial charge in [-0.3, -0.25) is 4.99 Å². The summed E-state index contributed by atoms with van der Waals surface area (Å²) in [5.41, 5.74) is 21.5. The van der Waals surface area contributed by atoms with E-state index in [4.69, 9.17) is 17.2 Å². The molecule has 0 aliphatic rings. The van der Waals surface area contributed by atoms with Crippen molar-refractivity contribution in [2.45, 2.75) is 19.8 Å². The van der Waals surface area contributed by atoms with E-state index in [2.05, 4.69) is 17.0 Å². The third-order valence-electron chi connectivity index (χ3n) is 2.62. The fourth-order valence-electron chi connectivity index (χ4n) is 1.85. The maximum absolute atomic E-state index is 6.03. The van der Waals surface area contributed by atoms with Gasteiger partial charge in [0.05, 0.1) is 22.7 Å². The van der Waals surface area contributed by atoms with Gasteiger partial charge < -0.3 is 22.5 Å². The van der Waals surface area contributed by atoms with Gasteiger partial charge in [-0.1, -0.05) is 13.8 Å². The number of nitrogen functional groups attached to an aromatic ring is 3. The van der Waals surface area contributed by atoms with Crippen molar-refractivity contribution in [1.29, 1.82) is 0 Å². The van der Waals surface area contributed by atoms with Gasteiger partial charge in [0, 0.05) is 12.6 Å². The molecule has 7 N–H and O–H groups in total. The van der Waals surface area contributed by atoms with E-state index in [0.29, 0.717) is 28.4 Å². The van der Waals surface area contributed by atoms with Crippen molar-refractivity contribution in [3.05, 3.63) is 5.56 Å². The summed E-state index contributed by atoms with van der Waals surface area (Å²) in [5, 5.41) is 2.94. The minimum atomic E-state index is 0.189. The first-order chi connectivity index (χ1) is 7.45. The summed E-state index contributed by atoms with van der Waals surface area (Å²) in [4.78, 5) is 3.91. The van der Waals surface area contributed by atoms with Gasteiger partial charge in [0.2, 0.25) is 0 Å². The van der Waals surface area contributed by atoms with Crippen LogP contribution >= 0.6 is 0 Å². The van der Waals surface area contributed by atoms with Crippen LogP contribution in [0.5, 0.6) is 0 Å². The van der Waals surface area contributed by atoms with E-state index in [1.165, 1.54) is 0 Å². The Hall–Kier alpha value is -1.91. The average Bonchev–Trinajstić information content (AvgIpc) is 2.22. The molecule has 16 heavy (non-hydrogen) atoms. The van der Waals surface area contributed by atoms with Crippen LogP contribution in [0.4, 0.5) is 28.4 Å². The number of aliphatic imine (C=N–C) groups is 1. The second kappa shape index (κ2) is 4.30. The van der Waals surface area contributed by atoms with Crippen LogP contribution < -0.4 is 22.5 Å². The van der Waals surface area contributed by atoms with Crippen LogP contribution in [0.1, 0.15) is 25.3 Å². The lowest BCUT2D eigenvalue weighted by Gasteiger charge is -2.20. The molecule has 1 aromatic rings. The molecule has 0 aliphatic carbocycles. The molecule has 0 aromatic heterocycles. The predicted molar refractivity (Wildman–Crippen MR) is 72.5 cm³/mol. The summed E-state index contributed by atoms with van der Waals surface area (Å²) < 4.78 is 0. The Morgan fingerprint density at radius 2 is 1.69 bits per heavy atom. The summed E-state index contributed by atoms with van der Waals surface area (Å²) in [5.74, 6) is 0.189. The van der Waals surface area contributed by atoms with Crippen LogP contribution in [0.3, 0.4) is 0 Å². The zero-order valence-electron chi connectivity index (χ0n) is 9.96. The molecule has 0 saturated carbocycles. The number of hydrogen-bond acceptors (Lipinski definition) is 5. The molecule has 0 amide bonds. The molecule has 0 aliphatic heterocycles.